The van der Waals surface area contributed by atoms with E-state index in [1.807, 2.05) is 30.5 Å². The van der Waals surface area contributed by atoms with E-state index in [0.717, 1.165) is 41.8 Å². The van der Waals surface area contributed by atoms with Crippen LogP contribution in [0, 0.1) is 5.92 Å². The van der Waals surface area contributed by atoms with Crippen LogP contribution in [0.15, 0.2) is 52.4 Å². The Labute approximate surface area is 165 Å². The van der Waals surface area contributed by atoms with E-state index >= 15 is 0 Å². The van der Waals surface area contributed by atoms with Crippen LogP contribution >= 0.6 is 27.3 Å². The number of piperidine rings is 1. The molecule has 0 aliphatic carbocycles. The maximum atomic E-state index is 12.7. The monoisotopic (exact) mass is 429 g/mol. The fraction of sp³-hybridized carbons (Fsp3) is 0.300. The highest BCUT2D eigenvalue weighted by atomic mass is 79.9. The summed E-state index contributed by atoms with van der Waals surface area (Å²) in [6, 6.07) is 12.2. The molecule has 1 aliphatic rings. The summed E-state index contributed by atoms with van der Waals surface area (Å²) in [4.78, 5) is 19.5. The van der Waals surface area contributed by atoms with Gasteiger partial charge in [-0.3, -0.25) is 4.79 Å². The second kappa shape index (κ2) is 7.76. The van der Waals surface area contributed by atoms with Gasteiger partial charge < -0.3 is 10.2 Å². The van der Waals surface area contributed by atoms with E-state index in [0.29, 0.717) is 6.54 Å². The topological polar surface area (TPSA) is 45.2 Å². The summed E-state index contributed by atoms with van der Waals surface area (Å²) in [6.45, 7) is 2.26. The Hall–Kier alpha value is -1.92. The quantitative estimate of drug-likeness (QED) is 0.659. The van der Waals surface area contributed by atoms with E-state index in [9.17, 15) is 4.79 Å². The molecular formula is C20H20BrN3OS. The maximum Gasteiger partial charge on any atom is 0.225 e. The molecule has 6 heteroatoms. The van der Waals surface area contributed by atoms with Crippen LogP contribution in [0.4, 0.5) is 5.82 Å². The van der Waals surface area contributed by atoms with E-state index < -0.39 is 0 Å². The minimum Gasteiger partial charge on any atom is -0.355 e. The molecule has 4 nitrogen and oxygen atoms in total. The number of nitrogens with one attached hydrogen (secondary N) is 1. The number of anilines is 1. The number of rotatable bonds is 4. The number of nitrogens with zero attached hydrogens (tertiary/aromatic N) is 2. The van der Waals surface area contributed by atoms with Gasteiger partial charge in [-0.15, -0.1) is 11.3 Å². The molecule has 1 fully saturated rings. The molecule has 0 saturated carbocycles. The van der Waals surface area contributed by atoms with Crippen molar-refractivity contribution < 1.29 is 4.79 Å². The molecule has 134 valence electrons. The number of benzene rings is 1. The summed E-state index contributed by atoms with van der Waals surface area (Å²) in [5.74, 6) is 1.15. The van der Waals surface area contributed by atoms with Gasteiger partial charge in [-0.25, -0.2) is 4.98 Å². The van der Waals surface area contributed by atoms with Crippen molar-refractivity contribution in [2.24, 2.45) is 5.92 Å². The number of hydrogen-bond acceptors (Lipinski definition) is 4. The Balaban J connectivity index is 1.42. The standard InChI is InChI=1S/C20H20BrN3OS/c21-16-5-3-14(4-6-16)12-23-20(25)15-2-1-10-24(13-15)19-17-8-11-26-18(17)7-9-22-19/h3-9,11,15H,1-2,10,12-13H2,(H,23,25). The third-order valence-corrected chi connectivity index (χ3v) is 6.24. The smallest absolute Gasteiger partial charge is 0.225 e. The van der Waals surface area contributed by atoms with Gasteiger partial charge in [-0.05, 0) is 48.1 Å². The molecule has 3 heterocycles. The van der Waals surface area contributed by atoms with Gasteiger partial charge in [-0.2, -0.15) is 0 Å². The molecule has 2 aromatic heterocycles. The Bertz CT molecular complexity index is 909. The highest BCUT2D eigenvalue weighted by Gasteiger charge is 2.27. The van der Waals surface area contributed by atoms with E-state index in [1.54, 1.807) is 11.3 Å². The van der Waals surface area contributed by atoms with E-state index in [-0.39, 0.29) is 11.8 Å². The number of fused-ring (bicyclic) bond motifs is 1. The zero-order valence-electron chi connectivity index (χ0n) is 14.3. The third-order valence-electron chi connectivity index (χ3n) is 4.83. The largest absolute Gasteiger partial charge is 0.355 e. The molecule has 26 heavy (non-hydrogen) atoms. The summed E-state index contributed by atoms with van der Waals surface area (Å²) >= 11 is 5.16. The summed E-state index contributed by atoms with van der Waals surface area (Å²) in [5, 5.41) is 6.38. The van der Waals surface area contributed by atoms with Gasteiger partial charge in [0, 0.05) is 40.4 Å². The Morgan fingerprint density at radius 3 is 2.96 bits per heavy atom. The number of hydrogen-bond donors (Lipinski definition) is 1. The molecule has 1 atom stereocenters. The summed E-state index contributed by atoms with van der Waals surface area (Å²) in [7, 11) is 0. The van der Waals surface area contributed by atoms with Crippen LogP contribution in [0.5, 0.6) is 0 Å². The summed E-state index contributed by atoms with van der Waals surface area (Å²) in [5.41, 5.74) is 1.11. The molecule has 1 aromatic carbocycles. The van der Waals surface area contributed by atoms with Crippen molar-refractivity contribution in [3.8, 4) is 0 Å². The van der Waals surface area contributed by atoms with Crippen LogP contribution < -0.4 is 10.2 Å². The molecule has 1 N–H and O–H groups in total. The van der Waals surface area contributed by atoms with Gasteiger partial charge in [0.1, 0.15) is 5.82 Å². The summed E-state index contributed by atoms with van der Waals surface area (Å²) < 4.78 is 2.29. The minimum atomic E-state index is 0.00916. The van der Waals surface area contributed by atoms with Crippen molar-refractivity contribution in [3.05, 3.63) is 58.0 Å². The highest BCUT2D eigenvalue weighted by Crippen LogP contribution is 2.31. The molecule has 0 spiro atoms. The van der Waals surface area contributed by atoms with Crippen LogP contribution in [-0.4, -0.2) is 24.0 Å². The van der Waals surface area contributed by atoms with Gasteiger partial charge in [0.2, 0.25) is 5.91 Å². The minimum absolute atomic E-state index is 0.00916. The second-order valence-corrected chi connectivity index (χ2v) is 8.46. The number of amides is 1. The van der Waals surface area contributed by atoms with Gasteiger partial charge >= 0.3 is 0 Å². The summed E-state index contributed by atoms with van der Waals surface area (Å²) in [6.07, 6.45) is 3.81. The van der Waals surface area contributed by atoms with Crippen molar-refractivity contribution >= 4 is 49.1 Å². The molecule has 1 amide bonds. The lowest BCUT2D eigenvalue weighted by Crippen LogP contribution is -2.43. The van der Waals surface area contributed by atoms with Crippen molar-refractivity contribution in [2.75, 3.05) is 18.0 Å². The number of carbonyl (C=O) groups is 1. The first kappa shape index (κ1) is 17.5. The molecule has 3 aromatic rings. The van der Waals surface area contributed by atoms with Gasteiger partial charge in [0.15, 0.2) is 0 Å². The molecule has 1 unspecified atom stereocenters. The highest BCUT2D eigenvalue weighted by molar-refractivity contribution is 9.10. The normalized spacial score (nSPS) is 17.4. The van der Waals surface area contributed by atoms with Gasteiger partial charge in [0.25, 0.3) is 0 Å². The lowest BCUT2D eigenvalue weighted by atomic mass is 9.96. The average Bonchev–Trinajstić information content (AvgIpc) is 3.16. The molecule has 1 saturated heterocycles. The molecule has 1 aliphatic heterocycles. The predicted molar refractivity (Wildman–Crippen MR) is 111 cm³/mol. The van der Waals surface area contributed by atoms with Crippen LogP contribution in [0.25, 0.3) is 10.1 Å². The first-order valence-electron chi connectivity index (χ1n) is 8.80. The zero-order valence-corrected chi connectivity index (χ0v) is 16.7. The van der Waals surface area contributed by atoms with Crippen LogP contribution in [0.1, 0.15) is 18.4 Å². The van der Waals surface area contributed by atoms with Gasteiger partial charge in [0.05, 0.1) is 5.92 Å². The lowest BCUT2D eigenvalue weighted by Gasteiger charge is -2.33. The Kier molecular flexibility index (Phi) is 5.22. The average molecular weight is 430 g/mol. The van der Waals surface area contributed by atoms with Crippen molar-refractivity contribution in [1.82, 2.24) is 10.3 Å². The fourth-order valence-corrected chi connectivity index (χ4v) is 4.49. The first-order valence-corrected chi connectivity index (χ1v) is 10.5. The van der Waals surface area contributed by atoms with Crippen LogP contribution in [0.3, 0.4) is 0 Å². The van der Waals surface area contributed by atoms with E-state index in [1.165, 1.54) is 10.1 Å². The predicted octanol–water partition coefficient (Wildman–Crippen LogP) is 4.59. The number of thiophene rings is 1. The molecule has 4 rings (SSSR count). The van der Waals surface area contributed by atoms with E-state index in [4.69, 9.17) is 0 Å². The Morgan fingerprint density at radius 2 is 2.12 bits per heavy atom. The number of aromatic nitrogens is 1. The number of pyridine rings is 1. The second-order valence-electron chi connectivity index (χ2n) is 6.60. The van der Waals surface area contributed by atoms with Crippen molar-refractivity contribution in [2.45, 2.75) is 19.4 Å². The van der Waals surface area contributed by atoms with Gasteiger partial charge in [-0.1, -0.05) is 28.1 Å². The number of carbonyl (C=O) groups excluding carboxylic acids is 1. The third kappa shape index (κ3) is 3.76. The SMILES string of the molecule is O=C(NCc1ccc(Br)cc1)C1CCCN(c2nccc3sccc23)C1. The number of halogens is 1. The fourth-order valence-electron chi connectivity index (χ4n) is 3.45. The molecule has 0 bridgehead atoms. The van der Waals surface area contributed by atoms with Crippen LogP contribution in [0.2, 0.25) is 0 Å². The van der Waals surface area contributed by atoms with E-state index in [2.05, 4.69) is 48.6 Å². The van der Waals surface area contributed by atoms with Crippen molar-refractivity contribution in [1.29, 1.82) is 0 Å². The first-order chi connectivity index (χ1) is 12.7. The zero-order chi connectivity index (χ0) is 17.9. The lowest BCUT2D eigenvalue weighted by molar-refractivity contribution is -0.125. The van der Waals surface area contributed by atoms with Crippen molar-refractivity contribution in [3.63, 3.8) is 0 Å². The van der Waals surface area contributed by atoms with Crippen LogP contribution in [-0.2, 0) is 11.3 Å². The molecule has 0 radical (unpaired) electrons. The molecular weight excluding hydrogens is 410 g/mol. The maximum absolute atomic E-state index is 12.7. The Morgan fingerprint density at radius 1 is 1.27 bits per heavy atom.